The molecular weight excluding hydrogens is 422 g/mol. The second-order valence-corrected chi connectivity index (χ2v) is 7.81. The zero-order chi connectivity index (χ0) is 19.8. The molecule has 0 unspecified atom stereocenters. The number of amides is 1. The maximum absolute atomic E-state index is 12.2. The Morgan fingerprint density at radius 2 is 1.96 bits per heavy atom. The zero-order valence-corrected chi connectivity index (χ0v) is 17.9. The van der Waals surface area contributed by atoms with E-state index in [0.29, 0.717) is 18.1 Å². The van der Waals surface area contributed by atoms with Crippen LogP contribution in [0.5, 0.6) is 5.75 Å². The van der Waals surface area contributed by atoms with Crippen molar-refractivity contribution in [1.82, 2.24) is 15.1 Å². The molecule has 1 fully saturated rings. The van der Waals surface area contributed by atoms with E-state index in [1.54, 1.807) is 12.1 Å². The molecule has 1 aliphatic heterocycles. The summed E-state index contributed by atoms with van der Waals surface area (Å²) in [6.07, 6.45) is 0.942. The number of nitrogens with zero attached hydrogens (tertiary/aromatic N) is 2. The summed E-state index contributed by atoms with van der Waals surface area (Å²) in [5.41, 5.74) is 0. The number of piperazine rings is 1. The molecule has 1 saturated heterocycles. The highest BCUT2D eigenvalue weighted by Gasteiger charge is 2.15. The summed E-state index contributed by atoms with van der Waals surface area (Å²) in [5.74, 6) is 1.52. The number of carbonyl (C=O) groups is 1. The molecule has 0 saturated carbocycles. The molecule has 0 atom stereocenters. The molecule has 1 aromatic carbocycles. The Labute approximate surface area is 175 Å². The van der Waals surface area contributed by atoms with Crippen molar-refractivity contribution in [2.45, 2.75) is 20.0 Å². The molecule has 28 heavy (non-hydrogen) atoms. The maximum Gasteiger partial charge on any atom is 0.286 e. The number of ether oxygens (including phenoxy) is 1. The lowest BCUT2D eigenvalue weighted by molar-refractivity contribution is 0.0916. The highest BCUT2D eigenvalue weighted by atomic mass is 79.9. The van der Waals surface area contributed by atoms with Crippen molar-refractivity contribution in [1.29, 1.82) is 0 Å². The van der Waals surface area contributed by atoms with Gasteiger partial charge in [-0.3, -0.25) is 4.79 Å². The van der Waals surface area contributed by atoms with Gasteiger partial charge in [-0.15, -0.1) is 0 Å². The van der Waals surface area contributed by atoms with E-state index in [-0.39, 0.29) is 12.5 Å². The van der Waals surface area contributed by atoms with Crippen LogP contribution in [-0.2, 0) is 6.61 Å². The third-order valence-electron chi connectivity index (χ3n) is 4.91. The van der Waals surface area contributed by atoms with E-state index in [2.05, 4.69) is 38.0 Å². The monoisotopic (exact) mass is 449 g/mol. The van der Waals surface area contributed by atoms with Gasteiger partial charge in [-0.25, -0.2) is 0 Å². The van der Waals surface area contributed by atoms with Gasteiger partial charge in [0.2, 0.25) is 0 Å². The minimum Gasteiger partial charge on any atom is -0.486 e. The van der Waals surface area contributed by atoms with Crippen LogP contribution in [-0.4, -0.2) is 61.5 Å². The fourth-order valence-corrected chi connectivity index (χ4v) is 3.59. The maximum atomic E-state index is 12.2. The lowest BCUT2D eigenvalue weighted by atomic mass is 10.3. The topological polar surface area (TPSA) is 58.0 Å². The van der Waals surface area contributed by atoms with Crippen LogP contribution < -0.4 is 10.1 Å². The van der Waals surface area contributed by atoms with E-state index in [1.165, 1.54) is 0 Å². The van der Waals surface area contributed by atoms with Crippen molar-refractivity contribution in [3.8, 4) is 5.75 Å². The van der Waals surface area contributed by atoms with Gasteiger partial charge >= 0.3 is 0 Å². The SMILES string of the molecule is CCN1CCN(CCCNC(=O)c2ccc(COc3cccc(Br)c3)o2)CC1. The summed E-state index contributed by atoms with van der Waals surface area (Å²) in [4.78, 5) is 17.2. The summed E-state index contributed by atoms with van der Waals surface area (Å²) in [6, 6.07) is 11.1. The number of likely N-dealkylation sites (N-methyl/N-ethyl adjacent to an activating group) is 1. The van der Waals surface area contributed by atoms with Gasteiger partial charge < -0.3 is 24.3 Å². The second kappa shape index (κ2) is 10.6. The van der Waals surface area contributed by atoms with Crippen LogP contribution in [0.25, 0.3) is 0 Å². The van der Waals surface area contributed by atoms with Crippen LogP contribution in [0.1, 0.15) is 29.7 Å². The first-order valence-corrected chi connectivity index (χ1v) is 10.6. The Hall–Kier alpha value is -1.83. The van der Waals surface area contributed by atoms with Gasteiger partial charge in [0.15, 0.2) is 5.76 Å². The van der Waals surface area contributed by atoms with Gasteiger partial charge in [0, 0.05) is 37.2 Å². The zero-order valence-electron chi connectivity index (χ0n) is 16.3. The van der Waals surface area contributed by atoms with E-state index in [4.69, 9.17) is 9.15 Å². The number of nitrogens with one attached hydrogen (secondary N) is 1. The van der Waals surface area contributed by atoms with Gasteiger partial charge in [0.1, 0.15) is 18.1 Å². The average molecular weight is 450 g/mol. The fourth-order valence-electron chi connectivity index (χ4n) is 3.21. The molecule has 3 rings (SSSR count). The van der Waals surface area contributed by atoms with Gasteiger partial charge in [0.05, 0.1) is 0 Å². The predicted octanol–water partition coefficient (Wildman–Crippen LogP) is 3.38. The molecule has 152 valence electrons. The molecule has 1 aliphatic rings. The Morgan fingerprint density at radius 3 is 2.71 bits per heavy atom. The third kappa shape index (κ3) is 6.36. The number of carbonyl (C=O) groups excluding carboxylic acids is 1. The average Bonchev–Trinajstić information content (AvgIpc) is 3.19. The molecule has 0 bridgehead atoms. The summed E-state index contributed by atoms with van der Waals surface area (Å²) < 4.78 is 12.2. The van der Waals surface area contributed by atoms with Crippen molar-refractivity contribution in [3.63, 3.8) is 0 Å². The summed E-state index contributed by atoms with van der Waals surface area (Å²) in [5, 5.41) is 2.94. The van der Waals surface area contributed by atoms with E-state index in [0.717, 1.165) is 55.9 Å². The Bertz CT molecular complexity index is 757. The molecule has 1 N–H and O–H groups in total. The van der Waals surface area contributed by atoms with Crippen molar-refractivity contribution in [3.05, 3.63) is 52.4 Å². The molecule has 7 heteroatoms. The molecule has 0 spiro atoms. The quantitative estimate of drug-likeness (QED) is 0.594. The summed E-state index contributed by atoms with van der Waals surface area (Å²) in [6.45, 7) is 9.79. The second-order valence-electron chi connectivity index (χ2n) is 6.90. The predicted molar refractivity (Wildman–Crippen MR) is 113 cm³/mol. The van der Waals surface area contributed by atoms with Crippen LogP contribution in [0.4, 0.5) is 0 Å². The highest BCUT2D eigenvalue weighted by Crippen LogP contribution is 2.19. The number of halogens is 1. The summed E-state index contributed by atoms with van der Waals surface area (Å²) >= 11 is 3.41. The van der Waals surface area contributed by atoms with Crippen molar-refractivity contribution in [2.24, 2.45) is 0 Å². The minimum atomic E-state index is -0.176. The molecule has 1 aromatic heterocycles. The van der Waals surface area contributed by atoms with Crippen molar-refractivity contribution >= 4 is 21.8 Å². The fraction of sp³-hybridized carbons (Fsp3) is 0.476. The van der Waals surface area contributed by atoms with Crippen LogP contribution in [0, 0.1) is 0 Å². The standard InChI is InChI=1S/C21H28BrN3O3/c1-2-24-11-13-25(14-12-24)10-4-9-23-21(26)20-8-7-19(28-20)16-27-18-6-3-5-17(22)15-18/h3,5-8,15H,2,4,9-14,16H2,1H3,(H,23,26). The minimum absolute atomic E-state index is 0.176. The number of hydrogen-bond donors (Lipinski definition) is 1. The Morgan fingerprint density at radius 1 is 1.18 bits per heavy atom. The van der Waals surface area contributed by atoms with Gasteiger partial charge in [-0.1, -0.05) is 28.9 Å². The van der Waals surface area contributed by atoms with Crippen molar-refractivity contribution < 1.29 is 13.9 Å². The normalized spacial score (nSPS) is 15.5. The van der Waals surface area contributed by atoms with Crippen LogP contribution >= 0.6 is 15.9 Å². The summed E-state index contributed by atoms with van der Waals surface area (Å²) in [7, 11) is 0. The molecule has 6 nitrogen and oxygen atoms in total. The Kier molecular flexibility index (Phi) is 7.94. The van der Waals surface area contributed by atoms with Crippen LogP contribution in [0.15, 0.2) is 45.3 Å². The first-order chi connectivity index (χ1) is 13.6. The van der Waals surface area contributed by atoms with Gasteiger partial charge in [-0.2, -0.15) is 0 Å². The van der Waals surface area contributed by atoms with E-state index >= 15 is 0 Å². The van der Waals surface area contributed by atoms with E-state index in [1.807, 2.05) is 24.3 Å². The Balaban J connectivity index is 1.35. The molecule has 2 heterocycles. The lowest BCUT2D eigenvalue weighted by Crippen LogP contribution is -2.46. The van der Waals surface area contributed by atoms with Crippen LogP contribution in [0.2, 0.25) is 0 Å². The number of furan rings is 1. The van der Waals surface area contributed by atoms with E-state index in [9.17, 15) is 4.79 Å². The molecule has 0 aliphatic carbocycles. The number of hydrogen-bond acceptors (Lipinski definition) is 5. The molecular formula is C21H28BrN3O3. The molecule has 2 aromatic rings. The van der Waals surface area contributed by atoms with Crippen molar-refractivity contribution in [2.75, 3.05) is 45.8 Å². The van der Waals surface area contributed by atoms with Gasteiger partial charge in [0.25, 0.3) is 5.91 Å². The molecule has 0 radical (unpaired) electrons. The smallest absolute Gasteiger partial charge is 0.286 e. The first-order valence-electron chi connectivity index (χ1n) is 9.84. The lowest BCUT2D eigenvalue weighted by Gasteiger charge is -2.33. The number of benzene rings is 1. The van der Waals surface area contributed by atoms with Gasteiger partial charge in [-0.05, 0) is 49.8 Å². The van der Waals surface area contributed by atoms with Crippen LogP contribution in [0.3, 0.4) is 0 Å². The largest absolute Gasteiger partial charge is 0.486 e. The van der Waals surface area contributed by atoms with E-state index < -0.39 is 0 Å². The molecule has 1 amide bonds. The third-order valence-corrected chi connectivity index (χ3v) is 5.40. The highest BCUT2D eigenvalue weighted by molar-refractivity contribution is 9.10. The number of rotatable bonds is 9. The first kappa shape index (κ1) is 20.9.